The average molecular weight is 391 g/mol. The number of nitrogens with zero attached hydrogens (tertiary/aromatic N) is 3. The van der Waals surface area contributed by atoms with Gasteiger partial charge in [-0.05, 0) is 49.9 Å². The van der Waals surface area contributed by atoms with Crippen LogP contribution in [0.2, 0.25) is 0 Å². The van der Waals surface area contributed by atoms with Crippen molar-refractivity contribution in [3.05, 3.63) is 54.1 Å². The van der Waals surface area contributed by atoms with Gasteiger partial charge in [0.25, 0.3) is 0 Å². The number of carbonyl (C=O) groups is 1. The Balaban J connectivity index is 1.55. The van der Waals surface area contributed by atoms with Gasteiger partial charge in [0.2, 0.25) is 11.9 Å². The van der Waals surface area contributed by atoms with Gasteiger partial charge in [-0.25, -0.2) is 4.98 Å². The maximum absolute atomic E-state index is 12.9. The first-order valence-corrected chi connectivity index (χ1v) is 10.6. The molecule has 1 saturated heterocycles. The van der Waals surface area contributed by atoms with Crippen molar-refractivity contribution in [2.75, 3.05) is 23.3 Å². The summed E-state index contributed by atoms with van der Waals surface area (Å²) in [5, 5.41) is 3.09. The molecule has 1 unspecified atom stereocenters. The lowest BCUT2D eigenvalue weighted by atomic mass is 9.97. The summed E-state index contributed by atoms with van der Waals surface area (Å²) in [4.78, 5) is 20.1. The third-order valence-corrected chi connectivity index (χ3v) is 5.58. The van der Waals surface area contributed by atoms with Crippen molar-refractivity contribution >= 4 is 28.6 Å². The molecule has 0 saturated carbocycles. The molecule has 4 rings (SSSR count). The number of amides is 1. The minimum atomic E-state index is -0.0302. The summed E-state index contributed by atoms with van der Waals surface area (Å²) in [6.07, 6.45) is 1.91. The molecule has 3 aromatic rings. The molecule has 29 heavy (non-hydrogen) atoms. The number of hydrogen-bond donors (Lipinski definition) is 1. The van der Waals surface area contributed by atoms with Crippen molar-refractivity contribution in [3.8, 4) is 0 Å². The minimum absolute atomic E-state index is 0.0302. The fourth-order valence-corrected chi connectivity index (χ4v) is 4.10. The van der Waals surface area contributed by atoms with E-state index in [9.17, 15) is 4.79 Å². The summed E-state index contributed by atoms with van der Waals surface area (Å²) in [6, 6.07) is 16.3. The zero-order valence-electron chi connectivity index (χ0n) is 17.6. The number of nitrogens with one attached hydrogen (secondary N) is 1. The van der Waals surface area contributed by atoms with Crippen LogP contribution < -0.4 is 10.2 Å². The normalized spacial score (nSPS) is 17.1. The van der Waals surface area contributed by atoms with Crippen LogP contribution in [-0.4, -0.2) is 28.5 Å². The summed E-state index contributed by atoms with van der Waals surface area (Å²) in [5.41, 5.74) is 4.25. The number of aromatic nitrogens is 2. The van der Waals surface area contributed by atoms with E-state index in [0.717, 1.165) is 43.1 Å². The van der Waals surface area contributed by atoms with Gasteiger partial charge in [0, 0.05) is 25.3 Å². The molecule has 0 spiro atoms. The molecular formula is C24H30N4O. The molecule has 0 radical (unpaired) electrons. The van der Waals surface area contributed by atoms with E-state index < -0.39 is 0 Å². The third kappa shape index (κ3) is 4.29. The maximum atomic E-state index is 12.9. The van der Waals surface area contributed by atoms with Gasteiger partial charge in [-0.15, -0.1) is 0 Å². The van der Waals surface area contributed by atoms with E-state index in [4.69, 9.17) is 4.98 Å². The molecule has 152 valence electrons. The van der Waals surface area contributed by atoms with E-state index in [1.54, 1.807) is 0 Å². The standard InChI is InChI=1S/C24H30N4O/c1-17(2)15-28-22-9-5-4-8-21(22)26-24(28)27-14-6-7-19(16-27)23(29)25-20-12-10-18(3)11-13-20/h4-5,8-13,17,19H,6-7,14-16H2,1-3H3,(H,25,29). The summed E-state index contributed by atoms with van der Waals surface area (Å²) < 4.78 is 2.32. The highest BCUT2D eigenvalue weighted by molar-refractivity contribution is 5.93. The Labute approximate surface area is 172 Å². The minimum Gasteiger partial charge on any atom is -0.341 e. The van der Waals surface area contributed by atoms with Gasteiger partial charge >= 0.3 is 0 Å². The first-order chi connectivity index (χ1) is 14.0. The van der Waals surface area contributed by atoms with Crippen LogP contribution in [0.15, 0.2) is 48.5 Å². The Hall–Kier alpha value is -2.82. The van der Waals surface area contributed by atoms with E-state index in [1.807, 2.05) is 37.3 Å². The van der Waals surface area contributed by atoms with Gasteiger partial charge in [0.15, 0.2) is 0 Å². The van der Waals surface area contributed by atoms with Crippen LogP contribution in [0.4, 0.5) is 11.6 Å². The van der Waals surface area contributed by atoms with Crippen LogP contribution >= 0.6 is 0 Å². The first kappa shape index (κ1) is 19.5. The second-order valence-corrected chi connectivity index (χ2v) is 8.55. The molecule has 1 fully saturated rings. The molecule has 2 heterocycles. The topological polar surface area (TPSA) is 50.2 Å². The van der Waals surface area contributed by atoms with Crippen LogP contribution in [-0.2, 0) is 11.3 Å². The highest BCUT2D eigenvalue weighted by atomic mass is 16.1. The van der Waals surface area contributed by atoms with Gasteiger partial charge in [0.1, 0.15) is 0 Å². The zero-order valence-corrected chi connectivity index (χ0v) is 17.6. The molecule has 1 aliphatic heterocycles. The van der Waals surface area contributed by atoms with E-state index in [1.165, 1.54) is 11.1 Å². The Bertz CT molecular complexity index is 990. The van der Waals surface area contributed by atoms with Crippen LogP contribution in [0, 0.1) is 18.8 Å². The zero-order chi connectivity index (χ0) is 20.4. The number of benzene rings is 2. The number of anilines is 2. The van der Waals surface area contributed by atoms with Crippen LogP contribution in [0.5, 0.6) is 0 Å². The Kier molecular flexibility index (Phi) is 5.56. The highest BCUT2D eigenvalue weighted by Crippen LogP contribution is 2.28. The number of aryl methyl sites for hydroxylation is 1. The number of rotatable bonds is 5. The lowest BCUT2D eigenvalue weighted by Crippen LogP contribution is -2.42. The van der Waals surface area contributed by atoms with Crippen LogP contribution in [0.3, 0.4) is 0 Å². The Morgan fingerprint density at radius 1 is 1.17 bits per heavy atom. The Morgan fingerprint density at radius 2 is 1.93 bits per heavy atom. The molecule has 5 nitrogen and oxygen atoms in total. The average Bonchev–Trinajstić information content (AvgIpc) is 3.08. The second kappa shape index (κ2) is 8.27. The van der Waals surface area contributed by atoms with Crippen molar-refractivity contribution in [1.82, 2.24) is 9.55 Å². The summed E-state index contributed by atoms with van der Waals surface area (Å²) in [5.74, 6) is 1.59. The molecule has 1 aliphatic rings. The van der Waals surface area contributed by atoms with Gasteiger partial charge in [0.05, 0.1) is 17.0 Å². The number of para-hydroxylation sites is 2. The summed E-state index contributed by atoms with van der Waals surface area (Å²) in [6.45, 7) is 9.08. The van der Waals surface area contributed by atoms with Crippen molar-refractivity contribution < 1.29 is 4.79 Å². The lowest BCUT2D eigenvalue weighted by molar-refractivity contribution is -0.120. The fraction of sp³-hybridized carbons (Fsp3) is 0.417. The fourth-order valence-electron chi connectivity index (χ4n) is 4.10. The molecular weight excluding hydrogens is 360 g/mol. The summed E-state index contributed by atoms with van der Waals surface area (Å²) in [7, 11) is 0. The summed E-state index contributed by atoms with van der Waals surface area (Å²) >= 11 is 0. The number of carbonyl (C=O) groups excluding carboxylic acids is 1. The largest absolute Gasteiger partial charge is 0.341 e. The predicted octanol–water partition coefficient (Wildman–Crippen LogP) is 4.86. The number of hydrogen-bond acceptors (Lipinski definition) is 3. The van der Waals surface area contributed by atoms with Gasteiger partial charge < -0.3 is 14.8 Å². The van der Waals surface area contributed by atoms with E-state index in [-0.39, 0.29) is 11.8 Å². The van der Waals surface area contributed by atoms with Crippen molar-refractivity contribution in [3.63, 3.8) is 0 Å². The van der Waals surface area contributed by atoms with Crippen LogP contribution in [0.25, 0.3) is 11.0 Å². The molecule has 0 aliphatic carbocycles. The van der Waals surface area contributed by atoms with E-state index in [2.05, 4.69) is 46.8 Å². The number of fused-ring (bicyclic) bond motifs is 1. The SMILES string of the molecule is Cc1ccc(NC(=O)C2CCCN(c3nc4ccccc4n3CC(C)C)C2)cc1. The molecule has 1 aromatic heterocycles. The number of piperidine rings is 1. The third-order valence-electron chi connectivity index (χ3n) is 5.58. The van der Waals surface area contributed by atoms with Gasteiger partial charge in [-0.2, -0.15) is 0 Å². The molecule has 1 N–H and O–H groups in total. The smallest absolute Gasteiger partial charge is 0.229 e. The lowest BCUT2D eigenvalue weighted by Gasteiger charge is -2.33. The highest BCUT2D eigenvalue weighted by Gasteiger charge is 2.29. The first-order valence-electron chi connectivity index (χ1n) is 10.6. The Morgan fingerprint density at radius 3 is 2.69 bits per heavy atom. The van der Waals surface area contributed by atoms with Crippen molar-refractivity contribution in [2.24, 2.45) is 11.8 Å². The van der Waals surface area contributed by atoms with Crippen LogP contribution in [0.1, 0.15) is 32.3 Å². The molecule has 0 bridgehead atoms. The van der Waals surface area contributed by atoms with Crippen molar-refractivity contribution in [2.45, 2.75) is 40.2 Å². The van der Waals surface area contributed by atoms with E-state index in [0.29, 0.717) is 12.5 Å². The quantitative estimate of drug-likeness (QED) is 0.677. The monoisotopic (exact) mass is 390 g/mol. The maximum Gasteiger partial charge on any atom is 0.229 e. The number of imidazole rings is 1. The van der Waals surface area contributed by atoms with E-state index >= 15 is 0 Å². The molecule has 5 heteroatoms. The second-order valence-electron chi connectivity index (χ2n) is 8.55. The molecule has 1 amide bonds. The predicted molar refractivity (Wildman–Crippen MR) is 119 cm³/mol. The van der Waals surface area contributed by atoms with Crippen molar-refractivity contribution in [1.29, 1.82) is 0 Å². The van der Waals surface area contributed by atoms with Gasteiger partial charge in [-0.1, -0.05) is 43.7 Å². The molecule has 1 atom stereocenters. The van der Waals surface area contributed by atoms with Gasteiger partial charge in [-0.3, -0.25) is 4.79 Å². The molecule has 2 aromatic carbocycles.